The Labute approximate surface area is 130 Å². The van der Waals surface area contributed by atoms with Crippen molar-refractivity contribution in [2.75, 3.05) is 26.2 Å². The third-order valence-corrected chi connectivity index (χ3v) is 4.30. The lowest BCUT2D eigenvalue weighted by Gasteiger charge is -2.22. The van der Waals surface area contributed by atoms with Crippen LogP contribution in [0.5, 0.6) is 0 Å². The van der Waals surface area contributed by atoms with Gasteiger partial charge in [0, 0.05) is 13.1 Å². The number of rotatable bonds is 10. The molecule has 0 heterocycles. The Kier molecular flexibility index (Phi) is 6.72. The van der Waals surface area contributed by atoms with Crippen LogP contribution in [0.15, 0.2) is 24.3 Å². The molecule has 118 valence electrons. The van der Waals surface area contributed by atoms with Crippen molar-refractivity contribution in [3.05, 3.63) is 35.4 Å². The summed E-state index contributed by atoms with van der Waals surface area (Å²) in [6, 6.07) is 8.98. The minimum Gasteiger partial charge on any atom is -0.316 e. The maximum absolute atomic E-state index is 3.56. The van der Waals surface area contributed by atoms with Crippen molar-refractivity contribution in [2.24, 2.45) is 11.8 Å². The predicted molar refractivity (Wildman–Crippen MR) is 91.5 cm³/mol. The highest BCUT2D eigenvalue weighted by Crippen LogP contribution is 2.30. The van der Waals surface area contributed by atoms with E-state index < -0.39 is 0 Å². The SMILES string of the molecule is CCN(Cc1ccccc1CCNCC(C)C)CC1CC1. The zero-order valence-corrected chi connectivity index (χ0v) is 14.1. The summed E-state index contributed by atoms with van der Waals surface area (Å²) in [4.78, 5) is 2.61. The minimum atomic E-state index is 0.731. The zero-order valence-electron chi connectivity index (χ0n) is 14.1. The highest BCUT2D eigenvalue weighted by molar-refractivity contribution is 5.27. The van der Waals surface area contributed by atoms with Gasteiger partial charge in [-0.2, -0.15) is 0 Å². The molecule has 2 rings (SSSR count). The van der Waals surface area contributed by atoms with E-state index in [0.717, 1.165) is 44.4 Å². The first kappa shape index (κ1) is 16.5. The van der Waals surface area contributed by atoms with Gasteiger partial charge in [-0.25, -0.2) is 0 Å². The lowest BCUT2D eigenvalue weighted by Crippen LogP contribution is -2.26. The van der Waals surface area contributed by atoms with Gasteiger partial charge < -0.3 is 5.32 Å². The van der Waals surface area contributed by atoms with Gasteiger partial charge in [-0.05, 0) is 61.9 Å². The molecule has 0 aliphatic heterocycles. The van der Waals surface area contributed by atoms with Crippen LogP contribution in [0, 0.1) is 11.8 Å². The second-order valence-corrected chi connectivity index (χ2v) is 6.89. The largest absolute Gasteiger partial charge is 0.316 e. The second-order valence-electron chi connectivity index (χ2n) is 6.89. The Morgan fingerprint density at radius 1 is 1.19 bits per heavy atom. The van der Waals surface area contributed by atoms with Crippen LogP contribution in [0.1, 0.15) is 44.7 Å². The molecule has 2 nitrogen and oxygen atoms in total. The van der Waals surface area contributed by atoms with Crippen molar-refractivity contribution >= 4 is 0 Å². The molecule has 0 radical (unpaired) electrons. The van der Waals surface area contributed by atoms with E-state index in [1.165, 1.54) is 30.5 Å². The number of hydrogen-bond acceptors (Lipinski definition) is 2. The number of hydrogen-bond donors (Lipinski definition) is 1. The van der Waals surface area contributed by atoms with Crippen molar-refractivity contribution in [3.63, 3.8) is 0 Å². The summed E-state index contributed by atoms with van der Waals surface area (Å²) in [5.41, 5.74) is 3.04. The van der Waals surface area contributed by atoms with E-state index in [0.29, 0.717) is 0 Å². The zero-order chi connectivity index (χ0) is 15.1. The molecule has 2 heteroatoms. The van der Waals surface area contributed by atoms with Crippen LogP contribution in [-0.4, -0.2) is 31.1 Å². The first-order valence-corrected chi connectivity index (χ1v) is 8.69. The molecule has 0 aromatic heterocycles. The first-order valence-electron chi connectivity index (χ1n) is 8.69. The van der Waals surface area contributed by atoms with Crippen molar-refractivity contribution < 1.29 is 0 Å². The van der Waals surface area contributed by atoms with Crippen LogP contribution in [0.4, 0.5) is 0 Å². The normalized spacial score (nSPS) is 15.1. The summed E-state index contributed by atoms with van der Waals surface area (Å²) in [5.74, 6) is 1.71. The van der Waals surface area contributed by atoms with Crippen molar-refractivity contribution in [3.8, 4) is 0 Å². The van der Waals surface area contributed by atoms with Gasteiger partial charge in [0.05, 0.1) is 0 Å². The fourth-order valence-corrected chi connectivity index (χ4v) is 2.78. The summed E-state index contributed by atoms with van der Waals surface area (Å²) >= 11 is 0. The lowest BCUT2D eigenvalue weighted by molar-refractivity contribution is 0.267. The van der Waals surface area contributed by atoms with Gasteiger partial charge in [0.25, 0.3) is 0 Å². The number of nitrogens with zero attached hydrogens (tertiary/aromatic N) is 1. The van der Waals surface area contributed by atoms with E-state index in [4.69, 9.17) is 0 Å². The van der Waals surface area contributed by atoms with Crippen LogP contribution in [0.3, 0.4) is 0 Å². The molecule has 0 atom stereocenters. The van der Waals surface area contributed by atoms with Crippen molar-refractivity contribution in [2.45, 2.75) is 46.6 Å². The number of benzene rings is 1. The Balaban J connectivity index is 1.85. The molecular weight excluding hydrogens is 256 g/mol. The molecule has 0 bridgehead atoms. The van der Waals surface area contributed by atoms with Crippen LogP contribution < -0.4 is 5.32 Å². The molecule has 1 aliphatic carbocycles. The fraction of sp³-hybridized carbons (Fsp3) is 0.684. The lowest BCUT2D eigenvalue weighted by atomic mass is 10.0. The van der Waals surface area contributed by atoms with Gasteiger partial charge in [0.15, 0.2) is 0 Å². The molecule has 0 unspecified atom stereocenters. The molecule has 1 aliphatic rings. The maximum atomic E-state index is 3.56. The van der Waals surface area contributed by atoms with Crippen LogP contribution in [-0.2, 0) is 13.0 Å². The van der Waals surface area contributed by atoms with Crippen LogP contribution in [0.2, 0.25) is 0 Å². The molecule has 0 saturated heterocycles. The van der Waals surface area contributed by atoms with E-state index in [1.54, 1.807) is 0 Å². The smallest absolute Gasteiger partial charge is 0.0236 e. The van der Waals surface area contributed by atoms with E-state index in [1.807, 2.05) is 0 Å². The standard InChI is InChI=1S/C19H32N2/c1-4-21(14-17-9-10-17)15-19-8-6-5-7-18(19)11-12-20-13-16(2)3/h5-8,16-17,20H,4,9-15H2,1-3H3. The molecule has 21 heavy (non-hydrogen) atoms. The molecular formula is C19H32N2. The summed E-state index contributed by atoms with van der Waals surface area (Å²) in [5, 5.41) is 3.56. The van der Waals surface area contributed by atoms with E-state index in [-0.39, 0.29) is 0 Å². The predicted octanol–water partition coefficient (Wildman–Crippen LogP) is 3.71. The number of nitrogens with one attached hydrogen (secondary N) is 1. The summed E-state index contributed by atoms with van der Waals surface area (Å²) in [7, 11) is 0. The van der Waals surface area contributed by atoms with E-state index in [2.05, 4.69) is 55.3 Å². The topological polar surface area (TPSA) is 15.3 Å². The van der Waals surface area contributed by atoms with E-state index in [9.17, 15) is 0 Å². The monoisotopic (exact) mass is 288 g/mol. The summed E-state index contributed by atoms with van der Waals surface area (Å²) < 4.78 is 0. The molecule has 1 saturated carbocycles. The quantitative estimate of drug-likeness (QED) is 0.660. The maximum Gasteiger partial charge on any atom is 0.0236 e. The van der Waals surface area contributed by atoms with Crippen LogP contribution >= 0.6 is 0 Å². The van der Waals surface area contributed by atoms with Gasteiger partial charge in [-0.1, -0.05) is 45.0 Å². The Hall–Kier alpha value is -0.860. The molecule has 0 spiro atoms. The minimum absolute atomic E-state index is 0.731. The molecule has 1 aromatic carbocycles. The van der Waals surface area contributed by atoms with Crippen LogP contribution in [0.25, 0.3) is 0 Å². The van der Waals surface area contributed by atoms with Gasteiger partial charge in [-0.3, -0.25) is 4.90 Å². The molecule has 0 amide bonds. The second kappa shape index (κ2) is 8.55. The summed E-state index contributed by atoms with van der Waals surface area (Å²) in [6.45, 7) is 12.6. The Morgan fingerprint density at radius 2 is 1.90 bits per heavy atom. The third kappa shape index (κ3) is 6.19. The summed E-state index contributed by atoms with van der Waals surface area (Å²) in [6.07, 6.45) is 4.03. The average molecular weight is 288 g/mol. The fourth-order valence-electron chi connectivity index (χ4n) is 2.78. The van der Waals surface area contributed by atoms with Crippen molar-refractivity contribution in [1.82, 2.24) is 10.2 Å². The Morgan fingerprint density at radius 3 is 2.52 bits per heavy atom. The van der Waals surface area contributed by atoms with Gasteiger partial charge in [0.2, 0.25) is 0 Å². The van der Waals surface area contributed by atoms with Gasteiger partial charge in [-0.15, -0.1) is 0 Å². The van der Waals surface area contributed by atoms with Crippen molar-refractivity contribution in [1.29, 1.82) is 0 Å². The third-order valence-electron chi connectivity index (χ3n) is 4.30. The van der Waals surface area contributed by atoms with Gasteiger partial charge >= 0.3 is 0 Å². The van der Waals surface area contributed by atoms with E-state index >= 15 is 0 Å². The highest BCUT2D eigenvalue weighted by Gasteiger charge is 2.23. The first-order chi connectivity index (χ1) is 10.2. The van der Waals surface area contributed by atoms with Gasteiger partial charge in [0.1, 0.15) is 0 Å². The molecule has 1 fully saturated rings. The molecule has 1 aromatic rings. The highest BCUT2D eigenvalue weighted by atomic mass is 15.1. The Bertz CT molecular complexity index is 410. The average Bonchev–Trinajstić information content (AvgIpc) is 3.28. The molecule has 1 N–H and O–H groups in total.